The molecule has 0 aromatic carbocycles. The van der Waals surface area contributed by atoms with Crippen molar-refractivity contribution in [3.8, 4) is 0 Å². The van der Waals surface area contributed by atoms with E-state index in [1.807, 2.05) is 12.3 Å². The second-order valence-electron chi connectivity index (χ2n) is 5.81. The number of rotatable bonds is 3. The van der Waals surface area contributed by atoms with Crippen LogP contribution < -0.4 is 16.0 Å². The number of hydrogen-bond acceptors (Lipinski definition) is 4. The number of pyridine rings is 1. The largest absolute Gasteiger partial charge is 0.379 e. The standard InChI is InChI=1S/C15H23N5O/c16-15(21)20-10-5-12(6-11-20)18-13-4-3-7-17-14(13)19-8-1-2-9-19/h3-4,7,12,18H,1-2,5-6,8-11H2,(H2,16,21). The Labute approximate surface area is 125 Å². The van der Waals surface area contributed by atoms with E-state index in [4.69, 9.17) is 5.73 Å². The van der Waals surface area contributed by atoms with Gasteiger partial charge in [0.15, 0.2) is 5.82 Å². The van der Waals surface area contributed by atoms with Crippen LogP contribution in [-0.4, -0.2) is 48.1 Å². The minimum Gasteiger partial charge on any atom is -0.379 e. The molecule has 114 valence electrons. The van der Waals surface area contributed by atoms with Crippen LogP contribution in [0.3, 0.4) is 0 Å². The molecule has 1 aromatic rings. The van der Waals surface area contributed by atoms with Gasteiger partial charge in [0.2, 0.25) is 0 Å². The molecule has 6 nitrogen and oxygen atoms in total. The molecular formula is C15H23N5O. The van der Waals surface area contributed by atoms with Gasteiger partial charge in [-0.3, -0.25) is 0 Å². The third-order valence-electron chi connectivity index (χ3n) is 4.36. The van der Waals surface area contributed by atoms with Gasteiger partial charge in [-0.25, -0.2) is 9.78 Å². The summed E-state index contributed by atoms with van der Waals surface area (Å²) in [6, 6.07) is 4.14. The number of carbonyl (C=O) groups excluding carboxylic acids is 1. The molecular weight excluding hydrogens is 266 g/mol. The Kier molecular flexibility index (Phi) is 4.13. The van der Waals surface area contributed by atoms with E-state index in [1.165, 1.54) is 12.8 Å². The fraction of sp³-hybridized carbons (Fsp3) is 0.600. The lowest BCUT2D eigenvalue weighted by Crippen LogP contribution is -2.44. The van der Waals surface area contributed by atoms with Gasteiger partial charge in [0, 0.05) is 38.4 Å². The second-order valence-corrected chi connectivity index (χ2v) is 5.81. The van der Waals surface area contributed by atoms with Crippen molar-refractivity contribution in [3.05, 3.63) is 18.3 Å². The van der Waals surface area contributed by atoms with E-state index in [0.29, 0.717) is 6.04 Å². The van der Waals surface area contributed by atoms with Crippen molar-refractivity contribution in [3.63, 3.8) is 0 Å². The van der Waals surface area contributed by atoms with Gasteiger partial charge in [-0.1, -0.05) is 0 Å². The Morgan fingerprint density at radius 1 is 1.24 bits per heavy atom. The molecule has 0 radical (unpaired) electrons. The fourth-order valence-electron chi connectivity index (χ4n) is 3.15. The fourth-order valence-corrected chi connectivity index (χ4v) is 3.15. The molecule has 1 aromatic heterocycles. The Hall–Kier alpha value is -1.98. The van der Waals surface area contributed by atoms with Crippen molar-refractivity contribution in [1.82, 2.24) is 9.88 Å². The van der Waals surface area contributed by atoms with E-state index < -0.39 is 0 Å². The number of nitrogens with zero attached hydrogens (tertiary/aromatic N) is 3. The number of amides is 2. The smallest absolute Gasteiger partial charge is 0.314 e. The monoisotopic (exact) mass is 289 g/mol. The summed E-state index contributed by atoms with van der Waals surface area (Å²) >= 11 is 0. The number of anilines is 2. The van der Waals surface area contributed by atoms with Crippen LogP contribution in [0.4, 0.5) is 16.3 Å². The van der Waals surface area contributed by atoms with Crippen LogP contribution in [0.5, 0.6) is 0 Å². The quantitative estimate of drug-likeness (QED) is 0.887. The third kappa shape index (κ3) is 3.20. The van der Waals surface area contributed by atoms with Crippen molar-refractivity contribution in [2.75, 3.05) is 36.4 Å². The van der Waals surface area contributed by atoms with Crippen LogP contribution >= 0.6 is 0 Å². The summed E-state index contributed by atoms with van der Waals surface area (Å²) in [6.07, 6.45) is 6.20. The van der Waals surface area contributed by atoms with Gasteiger partial charge in [0.25, 0.3) is 0 Å². The molecule has 3 rings (SSSR count). The predicted octanol–water partition coefficient (Wildman–Crippen LogP) is 1.64. The van der Waals surface area contributed by atoms with Crippen molar-refractivity contribution >= 4 is 17.5 Å². The number of nitrogens with one attached hydrogen (secondary N) is 1. The number of piperidine rings is 1. The molecule has 0 unspecified atom stereocenters. The molecule has 21 heavy (non-hydrogen) atoms. The summed E-state index contributed by atoms with van der Waals surface area (Å²) in [5.41, 5.74) is 6.43. The highest BCUT2D eigenvalue weighted by molar-refractivity contribution is 5.72. The molecule has 2 saturated heterocycles. The van der Waals surface area contributed by atoms with Crippen LogP contribution in [0.2, 0.25) is 0 Å². The molecule has 6 heteroatoms. The van der Waals surface area contributed by atoms with E-state index in [-0.39, 0.29) is 6.03 Å². The van der Waals surface area contributed by atoms with Gasteiger partial charge in [0.05, 0.1) is 5.69 Å². The minimum atomic E-state index is -0.312. The molecule has 0 bridgehead atoms. The molecule has 3 N–H and O–H groups in total. The first-order valence-corrected chi connectivity index (χ1v) is 7.75. The number of hydrogen-bond donors (Lipinski definition) is 2. The predicted molar refractivity (Wildman–Crippen MR) is 83.5 cm³/mol. The number of carbonyl (C=O) groups is 1. The van der Waals surface area contributed by atoms with E-state index >= 15 is 0 Å². The molecule has 0 spiro atoms. The number of aromatic nitrogens is 1. The summed E-state index contributed by atoms with van der Waals surface area (Å²) in [7, 11) is 0. The van der Waals surface area contributed by atoms with Crippen LogP contribution in [0, 0.1) is 0 Å². The molecule has 2 aliphatic heterocycles. The number of nitrogens with two attached hydrogens (primary N) is 1. The first kappa shape index (κ1) is 14.0. The highest BCUT2D eigenvalue weighted by Crippen LogP contribution is 2.28. The lowest BCUT2D eigenvalue weighted by Gasteiger charge is -2.32. The zero-order chi connectivity index (χ0) is 14.7. The van der Waals surface area contributed by atoms with Crippen molar-refractivity contribution in [2.24, 2.45) is 5.73 Å². The zero-order valence-electron chi connectivity index (χ0n) is 12.3. The summed E-state index contributed by atoms with van der Waals surface area (Å²) in [6.45, 7) is 3.64. The maximum atomic E-state index is 11.2. The SMILES string of the molecule is NC(=O)N1CCC(Nc2cccnc2N2CCCC2)CC1. The Morgan fingerprint density at radius 3 is 2.62 bits per heavy atom. The lowest BCUT2D eigenvalue weighted by atomic mass is 10.1. The molecule has 0 aliphatic carbocycles. The zero-order valence-corrected chi connectivity index (χ0v) is 12.3. The van der Waals surface area contributed by atoms with Crippen LogP contribution in [0.1, 0.15) is 25.7 Å². The summed E-state index contributed by atoms with van der Waals surface area (Å²) < 4.78 is 0. The Bertz CT molecular complexity index is 493. The second kappa shape index (κ2) is 6.20. The third-order valence-corrected chi connectivity index (χ3v) is 4.36. The molecule has 2 fully saturated rings. The van der Waals surface area contributed by atoms with Gasteiger partial charge in [-0.15, -0.1) is 0 Å². The average Bonchev–Trinajstić information content (AvgIpc) is 3.02. The molecule has 0 saturated carbocycles. The molecule has 2 amide bonds. The average molecular weight is 289 g/mol. The van der Waals surface area contributed by atoms with E-state index in [2.05, 4.69) is 21.3 Å². The minimum absolute atomic E-state index is 0.312. The normalized spacial score (nSPS) is 19.8. The number of likely N-dealkylation sites (tertiary alicyclic amines) is 1. The van der Waals surface area contributed by atoms with Crippen molar-refractivity contribution < 1.29 is 4.79 Å². The van der Waals surface area contributed by atoms with E-state index in [1.54, 1.807) is 4.90 Å². The van der Waals surface area contributed by atoms with Crippen molar-refractivity contribution in [2.45, 2.75) is 31.7 Å². The van der Waals surface area contributed by atoms with Gasteiger partial charge < -0.3 is 20.9 Å². The molecule has 0 atom stereocenters. The number of primary amides is 1. The van der Waals surface area contributed by atoms with Gasteiger partial charge in [0.1, 0.15) is 0 Å². The Morgan fingerprint density at radius 2 is 1.95 bits per heavy atom. The Balaban J connectivity index is 1.64. The van der Waals surface area contributed by atoms with Crippen LogP contribution in [0.25, 0.3) is 0 Å². The summed E-state index contributed by atoms with van der Waals surface area (Å²) in [4.78, 5) is 19.8. The molecule has 3 heterocycles. The van der Waals surface area contributed by atoms with Crippen LogP contribution in [-0.2, 0) is 0 Å². The highest BCUT2D eigenvalue weighted by atomic mass is 16.2. The topological polar surface area (TPSA) is 74.5 Å². The summed E-state index contributed by atoms with van der Waals surface area (Å²) in [5, 5.41) is 3.60. The molecule has 2 aliphatic rings. The van der Waals surface area contributed by atoms with Crippen LogP contribution in [0.15, 0.2) is 18.3 Å². The van der Waals surface area contributed by atoms with E-state index in [9.17, 15) is 4.79 Å². The van der Waals surface area contributed by atoms with Crippen molar-refractivity contribution in [1.29, 1.82) is 0 Å². The summed E-state index contributed by atoms with van der Waals surface area (Å²) in [5.74, 6) is 1.06. The van der Waals surface area contributed by atoms with E-state index in [0.717, 1.165) is 50.5 Å². The first-order valence-electron chi connectivity index (χ1n) is 7.75. The maximum Gasteiger partial charge on any atom is 0.314 e. The highest BCUT2D eigenvalue weighted by Gasteiger charge is 2.23. The van der Waals surface area contributed by atoms with Gasteiger partial charge >= 0.3 is 6.03 Å². The maximum absolute atomic E-state index is 11.2. The number of urea groups is 1. The lowest BCUT2D eigenvalue weighted by molar-refractivity contribution is 0.193. The van der Waals surface area contributed by atoms with Gasteiger partial charge in [-0.05, 0) is 37.8 Å². The first-order chi connectivity index (χ1) is 10.2. The van der Waals surface area contributed by atoms with Gasteiger partial charge in [-0.2, -0.15) is 0 Å².